The van der Waals surface area contributed by atoms with Crippen LogP contribution in [0.1, 0.15) is 16.7 Å². The molecule has 7 aromatic carbocycles. The Kier molecular flexibility index (Phi) is 4.00. The first-order chi connectivity index (χ1) is 19.1. The minimum Gasteiger partial charge on any atom is -0.311 e. The number of nitrogens with zero attached hydrogens (tertiary/aromatic N) is 1. The molecule has 0 spiro atoms. The second-order valence-electron chi connectivity index (χ2n) is 11.5. The van der Waals surface area contributed by atoms with Crippen LogP contribution in [0.4, 0.5) is 17.1 Å². The van der Waals surface area contributed by atoms with Crippen molar-refractivity contribution in [3.05, 3.63) is 120 Å². The van der Waals surface area contributed by atoms with Crippen LogP contribution in [0.25, 0.3) is 43.4 Å². The molecule has 39 heavy (non-hydrogen) atoms. The van der Waals surface area contributed by atoms with E-state index in [9.17, 15) is 0 Å². The molecule has 182 valence electrons. The molecule has 0 saturated carbocycles. The Labute approximate surface area is 228 Å². The molecule has 0 bridgehead atoms. The van der Waals surface area contributed by atoms with E-state index in [2.05, 4.69) is 129 Å². The first-order valence-electron chi connectivity index (χ1n) is 13.9. The van der Waals surface area contributed by atoms with Crippen molar-refractivity contribution in [2.75, 3.05) is 4.90 Å². The van der Waals surface area contributed by atoms with Crippen LogP contribution < -0.4 is 21.3 Å². The standard InChI is InChI=1S/C37H26BN/c1-21-17-27-22(2)19-24-15-16-32(29-20-23(3)28(18-21)36(27)35(24)29)39-33-13-7-6-12-31(33)38-30-11-5-4-9-25(30)26-10-8-14-34(39)37(26)38/h4-20H,1-3H3. The number of hydrogen-bond donors (Lipinski definition) is 0. The Morgan fingerprint density at radius 1 is 0.513 bits per heavy atom. The Hall–Kier alpha value is -4.56. The molecule has 0 unspecified atom stereocenters. The summed E-state index contributed by atoms with van der Waals surface area (Å²) in [7, 11) is 0. The fraction of sp³-hybridized carbons (Fsp3) is 0.0811. The zero-order valence-corrected chi connectivity index (χ0v) is 22.3. The average Bonchev–Trinajstić information content (AvgIpc) is 3.29. The molecule has 0 amide bonds. The summed E-state index contributed by atoms with van der Waals surface area (Å²) in [5.74, 6) is 0. The third-order valence-electron chi connectivity index (χ3n) is 9.27. The summed E-state index contributed by atoms with van der Waals surface area (Å²) in [6, 6.07) is 39.1. The lowest BCUT2D eigenvalue weighted by Crippen LogP contribution is -2.54. The van der Waals surface area contributed by atoms with Crippen LogP contribution in [-0.2, 0) is 0 Å². The molecule has 0 fully saturated rings. The Balaban J connectivity index is 1.42. The van der Waals surface area contributed by atoms with Crippen LogP contribution in [0.5, 0.6) is 0 Å². The van der Waals surface area contributed by atoms with E-state index in [-0.39, 0.29) is 6.71 Å². The fourth-order valence-corrected chi connectivity index (χ4v) is 7.73. The Bertz CT molecular complexity index is 2150. The van der Waals surface area contributed by atoms with Gasteiger partial charge in [-0.3, -0.25) is 0 Å². The maximum atomic E-state index is 2.54. The molecule has 2 aliphatic heterocycles. The Morgan fingerprint density at radius 3 is 2.05 bits per heavy atom. The predicted molar refractivity (Wildman–Crippen MR) is 169 cm³/mol. The maximum Gasteiger partial charge on any atom is 0.248 e. The average molecular weight is 495 g/mol. The van der Waals surface area contributed by atoms with Gasteiger partial charge < -0.3 is 4.90 Å². The van der Waals surface area contributed by atoms with Gasteiger partial charge in [0.1, 0.15) is 0 Å². The van der Waals surface area contributed by atoms with E-state index in [1.54, 1.807) is 0 Å². The first kappa shape index (κ1) is 21.4. The zero-order valence-electron chi connectivity index (χ0n) is 22.3. The summed E-state index contributed by atoms with van der Waals surface area (Å²) < 4.78 is 0. The van der Waals surface area contributed by atoms with Crippen molar-refractivity contribution in [3.8, 4) is 11.1 Å². The minimum atomic E-state index is 0.270. The highest BCUT2D eigenvalue weighted by molar-refractivity contribution is 7.01. The van der Waals surface area contributed by atoms with Gasteiger partial charge in [0.05, 0.1) is 5.69 Å². The molecule has 7 aromatic rings. The summed E-state index contributed by atoms with van der Waals surface area (Å²) in [4.78, 5) is 2.54. The second kappa shape index (κ2) is 7.30. The molecule has 9 rings (SSSR count). The van der Waals surface area contributed by atoms with Gasteiger partial charge in [-0.25, -0.2) is 0 Å². The van der Waals surface area contributed by atoms with Gasteiger partial charge in [0.2, 0.25) is 6.71 Å². The summed E-state index contributed by atoms with van der Waals surface area (Å²) in [5, 5.41) is 8.18. The highest BCUT2D eigenvalue weighted by atomic mass is 15.2. The lowest BCUT2D eigenvalue weighted by Gasteiger charge is -2.36. The van der Waals surface area contributed by atoms with E-state index in [1.807, 2.05) is 0 Å². The SMILES string of the molecule is Cc1cc2c(C)cc3ccc(N4c5ccccc5B5c6ccccc6-c6cccc4c65)c4cc(C)c(c1)c2c34. The molecular formula is C37H26BN. The summed E-state index contributed by atoms with van der Waals surface area (Å²) in [6.45, 7) is 7.02. The van der Waals surface area contributed by atoms with Gasteiger partial charge in [0.15, 0.2) is 0 Å². The molecule has 0 aromatic heterocycles. The number of rotatable bonds is 1. The zero-order chi connectivity index (χ0) is 26.0. The topological polar surface area (TPSA) is 3.24 Å². The molecule has 2 heteroatoms. The van der Waals surface area contributed by atoms with Crippen LogP contribution in [0, 0.1) is 20.8 Å². The van der Waals surface area contributed by atoms with Crippen molar-refractivity contribution >= 4 is 72.5 Å². The van der Waals surface area contributed by atoms with Gasteiger partial charge in [-0.1, -0.05) is 84.3 Å². The van der Waals surface area contributed by atoms with Crippen molar-refractivity contribution < 1.29 is 0 Å². The van der Waals surface area contributed by atoms with E-state index >= 15 is 0 Å². The predicted octanol–water partition coefficient (Wildman–Crippen LogP) is 7.79. The summed E-state index contributed by atoms with van der Waals surface area (Å²) >= 11 is 0. The molecule has 0 saturated heterocycles. The van der Waals surface area contributed by atoms with E-state index in [4.69, 9.17) is 0 Å². The van der Waals surface area contributed by atoms with Gasteiger partial charge in [0, 0.05) is 16.8 Å². The van der Waals surface area contributed by atoms with Gasteiger partial charge >= 0.3 is 0 Å². The van der Waals surface area contributed by atoms with Gasteiger partial charge in [-0.15, -0.1) is 0 Å². The van der Waals surface area contributed by atoms with E-state index in [0.717, 1.165) is 0 Å². The summed E-state index contributed by atoms with van der Waals surface area (Å²) in [6.07, 6.45) is 0. The van der Waals surface area contributed by atoms with Crippen LogP contribution >= 0.6 is 0 Å². The first-order valence-corrected chi connectivity index (χ1v) is 13.9. The van der Waals surface area contributed by atoms with Gasteiger partial charge in [0.25, 0.3) is 0 Å². The largest absolute Gasteiger partial charge is 0.311 e. The molecule has 2 aliphatic rings. The van der Waals surface area contributed by atoms with Crippen LogP contribution in [-0.4, -0.2) is 6.71 Å². The number of anilines is 3. The monoisotopic (exact) mass is 495 g/mol. The molecule has 0 N–H and O–H groups in total. The number of fused-ring (bicyclic) bond motifs is 5. The highest BCUT2D eigenvalue weighted by Crippen LogP contribution is 2.47. The normalized spacial score (nSPS) is 13.4. The van der Waals surface area contributed by atoms with Crippen molar-refractivity contribution in [3.63, 3.8) is 0 Å². The van der Waals surface area contributed by atoms with Crippen molar-refractivity contribution in [2.45, 2.75) is 20.8 Å². The van der Waals surface area contributed by atoms with Crippen molar-refractivity contribution in [1.82, 2.24) is 0 Å². The molecular weight excluding hydrogens is 469 g/mol. The molecule has 1 nitrogen and oxygen atoms in total. The van der Waals surface area contributed by atoms with E-state index < -0.39 is 0 Å². The molecule has 0 aliphatic carbocycles. The number of hydrogen-bond acceptors (Lipinski definition) is 1. The third-order valence-corrected chi connectivity index (χ3v) is 9.27. The second-order valence-corrected chi connectivity index (χ2v) is 11.5. The van der Waals surface area contributed by atoms with Crippen LogP contribution in [0.15, 0.2) is 103 Å². The third kappa shape index (κ3) is 2.62. The maximum absolute atomic E-state index is 2.54. The molecule has 0 atom stereocenters. The van der Waals surface area contributed by atoms with Gasteiger partial charge in [-0.2, -0.15) is 0 Å². The quantitative estimate of drug-likeness (QED) is 0.166. The lowest BCUT2D eigenvalue weighted by molar-refractivity contribution is 1.31. The smallest absolute Gasteiger partial charge is 0.248 e. The van der Waals surface area contributed by atoms with Gasteiger partial charge in [-0.05, 0) is 111 Å². The van der Waals surface area contributed by atoms with Crippen molar-refractivity contribution in [2.24, 2.45) is 0 Å². The number of para-hydroxylation sites is 1. The number of benzene rings is 7. The van der Waals surface area contributed by atoms with Crippen LogP contribution in [0.2, 0.25) is 0 Å². The van der Waals surface area contributed by atoms with Crippen molar-refractivity contribution in [1.29, 1.82) is 0 Å². The highest BCUT2D eigenvalue weighted by Gasteiger charge is 2.42. The van der Waals surface area contributed by atoms with E-state index in [1.165, 1.54) is 93.6 Å². The minimum absolute atomic E-state index is 0.270. The summed E-state index contributed by atoms with van der Waals surface area (Å²) in [5.41, 5.74) is 14.8. The fourth-order valence-electron chi connectivity index (χ4n) is 7.73. The van der Waals surface area contributed by atoms with Crippen LogP contribution in [0.3, 0.4) is 0 Å². The lowest BCUT2D eigenvalue weighted by atomic mass is 9.37. The Morgan fingerprint density at radius 2 is 1.21 bits per heavy atom. The molecule has 0 radical (unpaired) electrons. The van der Waals surface area contributed by atoms with E-state index in [0.29, 0.717) is 0 Å². The molecule has 2 heterocycles. The number of aryl methyl sites for hydroxylation is 3.